The van der Waals surface area contributed by atoms with Gasteiger partial charge in [0.05, 0.1) is 8.07 Å². The fourth-order valence-corrected chi connectivity index (χ4v) is 3.98. The van der Waals surface area contributed by atoms with Gasteiger partial charge in [0.1, 0.15) is 0 Å². The smallest absolute Gasteiger partial charge is 0.0687 e. The lowest BCUT2D eigenvalue weighted by Crippen LogP contribution is -2.48. The van der Waals surface area contributed by atoms with E-state index in [1.807, 2.05) is 0 Å². The molecule has 0 aromatic carbocycles. The summed E-state index contributed by atoms with van der Waals surface area (Å²) in [5, 5.41) is 0. The van der Waals surface area contributed by atoms with Gasteiger partial charge in [0.2, 0.25) is 0 Å². The third-order valence-electron chi connectivity index (χ3n) is 2.99. The summed E-state index contributed by atoms with van der Waals surface area (Å²) < 4.78 is 0.227. The summed E-state index contributed by atoms with van der Waals surface area (Å²) in [6.07, 6.45) is 6.65. The molecule has 11 heavy (non-hydrogen) atoms. The minimum Gasteiger partial charge on any atom is -0.123 e. The van der Waals surface area contributed by atoms with E-state index >= 15 is 0 Å². The summed E-state index contributed by atoms with van der Waals surface area (Å²) in [6, 6.07) is 0. The lowest BCUT2D eigenvalue weighted by atomic mass is 9.99. The van der Waals surface area contributed by atoms with Gasteiger partial charge in [-0.05, 0) is 12.8 Å². The Bertz CT molecular complexity index is 131. The third kappa shape index (κ3) is 2.00. The Morgan fingerprint density at radius 2 is 1.45 bits per heavy atom. The molecule has 1 rings (SSSR count). The Balaban J connectivity index is 2.64. The van der Waals surface area contributed by atoms with E-state index in [9.17, 15) is 0 Å². The van der Waals surface area contributed by atoms with E-state index in [4.69, 9.17) is 11.6 Å². The molecule has 0 saturated heterocycles. The zero-order chi connectivity index (χ0) is 8.54. The van der Waals surface area contributed by atoms with Crippen molar-refractivity contribution in [2.75, 3.05) is 0 Å². The van der Waals surface area contributed by atoms with Crippen molar-refractivity contribution in [3.8, 4) is 0 Å². The average molecular weight is 191 g/mol. The lowest BCUT2D eigenvalue weighted by molar-refractivity contribution is 0.465. The molecule has 0 heterocycles. The Morgan fingerprint density at radius 3 is 1.73 bits per heavy atom. The van der Waals surface area contributed by atoms with E-state index in [0.29, 0.717) is 0 Å². The molecule has 1 saturated carbocycles. The summed E-state index contributed by atoms with van der Waals surface area (Å²) in [6.45, 7) is 7.18. The van der Waals surface area contributed by atoms with Crippen molar-refractivity contribution < 1.29 is 0 Å². The van der Waals surface area contributed by atoms with Crippen LogP contribution in [0.25, 0.3) is 0 Å². The standard InChI is InChI=1S/C9H19ClSi/c1-11(2,3)9(10)7-5-4-6-8-9/h4-8H2,1-3H3. The first-order chi connectivity index (χ1) is 4.96. The lowest BCUT2D eigenvalue weighted by Gasteiger charge is -2.41. The van der Waals surface area contributed by atoms with Crippen LogP contribution in [-0.2, 0) is 0 Å². The van der Waals surface area contributed by atoms with Gasteiger partial charge in [0.25, 0.3) is 0 Å². The average Bonchev–Trinajstić information content (AvgIpc) is 1.87. The maximum absolute atomic E-state index is 6.61. The number of hydrogen-bond acceptors (Lipinski definition) is 0. The predicted molar refractivity (Wildman–Crippen MR) is 55.0 cm³/mol. The quantitative estimate of drug-likeness (QED) is 0.436. The number of rotatable bonds is 1. The molecule has 0 amide bonds. The molecule has 1 fully saturated rings. The van der Waals surface area contributed by atoms with E-state index in [1.165, 1.54) is 32.1 Å². The zero-order valence-corrected chi connectivity index (χ0v) is 9.67. The van der Waals surface area contributed by atoms with Crippen LogP contribution in [0, 0.1) is 0 Å². The highest BCUT2D eigenvalue weighted by molar-refractivity contribution is 6.86. The molecule has 0 spiro atoms. The molecule has 0 bridgehead atoms. The van der Waals surface area contributed by atoms with Gasteiger partial charge in [-0.1, -0.05) is 38.9 Å². The van der Waals surface area contributed by atoms with Gasteiger partial charge in [-0.25, -0.2) is 0 Å². The van der Waals surface area contributed by atoms with E-state index in [1.54, 1.807) is 0 Å². The minimum atomic E-state index is -1.12. The maximum atomic E-state index is 6.61. The first kappa shape index (κ1) is 9.59. The highest BCUT2D eigenvalue weighted by Crippen LogP contribution is 2.41. The molecule has 0 nitrogen and oxygen atoms in total. The van der Waals surface area contributed by atoms with Crippen molar-refractivity contribution in [3.63, 3.8) is 0 Å². The molecule has 1 aliphatic carbocycles. The maximum Gasteiger partial charge on any atom is 0.0687 e. The van der Waals surface area contributed by atoms with Crippen molar-refractivity contribution in [2.24, 2.45) is 0 Å². The van der Waals surface area contributed by atoms with E-state index in [-0.39, 0.29) is 4.50 Å². The highest BCUT2D eigenvalue weighted by Gasteiger charge is 2.41. The van der Waals surface area contributed by atoms with Crippen LogP contribution < -0.4 is 0 Å². The van der Waals surface area contributed by atoms with Gasteiger partial charge in [-0.3, -0.25) is 0 Å². The van der Waals surface area contributed by atoms with Gasteiger partial charge in [-0.15, -0.1) is 11.6 Å². The van der Waals surface area contributed by atoms with Crippen LogP contribution in [0.3, 0.4) is 0 Å². The third-order valence-corrected chi connectivity index (χ3v) is 8.26. The highest BCUT2D eigenvalue weighted by atomic mass is 35.5. The molecule has 0 atom stereocenters. The van der Waals surface area contributed by atoms with Crippen LogP contribution >= 0.6 is 11.6 Å². The van der Waals surface area contributed by atoms with Crippen molar-refractivity contribution in [1.29, 1.82) is 0 Å². The SMILES string of the molecule is C[Si](C)(C)C1(Cl)CCCCC1. The molecule has 1 aliphatic rings. The number of hydrogen-bond donors (Lipinski definition) is 0. The van der Waals surface area contributed by atoms with Gasteiger partial charge in [-0.2, -0.15) is 0 Å². The van der Waals surface area contributed by atoms with Crippen LogP contribution in [0.15, 0.2) is 0 Å². The van der Waals surface area contributed by atoms with Crippen molar-refractivity contribution >= 4 is 19.7 Å². The van der Waals surface area contributed by atoms with Crippen LogP contribution in [0.2, 0.25) is 19.6 Å². The molecule has 0 aromatic rings. The molecule has 0 radical (unpaired) electrons. The van der Waals surface area contributed by atoms with Gasteiger partial charge < -0.3 is 0 Å². The second kappa shape index (κ2) is 3.10. The predicted octanol–water partition coefficient (Wildman–Crippen LogP) is 3.81. The molecule has 0 aromatic heterocycles. The van der Waals surface area contributed by atoms with E-state index in [0.717, 1.165) is 0 Å². The van der Waals surface area contributed by atoms with Crippen molar-refractivity contribution in [1.82, 2.24) is 0 Å². The molecule has 0 N–H and O–H groups in total. The Kier molecular flexibility index (Phi) is 2.70. The first-order valence-electron chi connectivity index (χ1n) is 4.65. The second-order valence-corrected chi connectivity index (χ2v) is 11.3. The van der Waals surface area contributed by atoms with Crippen molar-refractivity contribution in [2.45, 2.75) is 56.2 Å². The largest absolute Gasteiger partial charge is 0.123 e. The summed E-state index contributed by atoms with van der Waals surface area (Å²) in [5.41, 5.74) is 0. The number of alkyl halides is 1. The zero-order valence-electron chi connectivity index (χ0n) is 7.91. The summed E-state index contributed by atoms with van der Waals surface area (Å²) in [5.74, 6) is 0. The van der Waals surface area contributed by atoms with Crippen LogP contribution in [0.5, 0.6) is 0 Å². The fraction of sp³-hybridized carbons (Fsp3) is 1.00. The van der Waals surface area contributed by atoms with E-state index in [2.05, 4.69) is 19.6 Å². The Hall–Kier alpha value is 0.507. The molecule has 66 valence electrons. The van der Waals surface area contributed by atoms with Crippen LogP contribution in [0.4, 0.5) is 0 Å². The normalized spacial score (nSPS) is 25.1. The molecule has 0 unspecified atom stereocenters. The molecular weight excluding hydrogens is 172 g/mol. The first-order valence-corrected chi connectivity index (χ1v) is 8.52. The Morgan fingerprint density at radius 1 is 1.00 bits per heavy atom. The summed E-state index contributed by atoms with van der Waals surface area (Å²) >= 11 is 6.61. The Labute approximate surface area is 76.3 Å². The van der Waals surface area contributed by atoms with Gasteiger partial charge in [0, 0.05) is 4.50 Å². The molecule has 0 aliphatic heterocycles. The fourth-order valence-electron chi connectivity index (χ4n) is 1.86. The monoisotopic (exact) mass is 190 g/mol. The van der Waals surface area contributed by atoms with Crippen LogP contribution in [-0.4, -0.2) is 12.6 Å². The molecule has 2 heteroatoms. The minimum absolute atomic E-state index is 0.227. The number of halogens is 1. The van der Waals surface area contributed by atoms with Gasteiger partial charge >= 0.3 is 0 Å². The summed E-state index contributed by atoms with van der Waals surface area (Å²) in [7, 11) is -1.12. The summed E-state index contributed by atoms with van der Waals surface area (Å²) in [4.78, 5) is 0. The van der Waals surface area contributed by atoms with Crippen LogP contribution in [0.1, 0.15) is 32.1 Å². The second-order valence-electron chi connectivity index (χ2n) is 4.78. The van der Waals surface area contributed by atoms with Crippen molar-refractivity contribution in [3.05, 3.63) is 0 Å². The topological polar surface area (TPSA) is 0 Å². The molecular formula is C9H19ClSi. The van der Waals surface area contributed by atoms with Gasteiger partial charge in [0.15, 0.2) is 0 Å². The van der Waals surface area contributed by atoms with E-state index < -0.39 is 8.07 Å².